The number of esters is 1. The first-order valence-electron chi connectivity index (χ1n) is 12.2. The van der Waals surface area contributed by atoms with E-state index in [0.29, 0.717) is 30.4 Å². The van der Waals surface area contributed by atoms with Crippen LogP contribution in [0.5, 0.6) is 5.75 Å². The topological polar surface area (TPSA) is 84.9 Å². The predicted octanol–water partition coefficient (Wildman–Crippen LogP) is 4.83. The maximum atomic E-state index is 13.0. The second-order valence-corrected chi connectivity index (χ2v) is 10.1. The summed E-state index contributed by atoms with van der Waals surface area (Å²) in [6.07, 6.45) is 1.56. The first-order valence-corrected chi connectivity index (χ1v) is 12.2. The number of amides is 1. The van der Waals surface area contributed by atoms with Crippen LogP contribution in [0, 0.1) is 0 Å². The lowest BCUT2D eigenvalue weighted by atomic mass is 9.73. The molecule has 0 radical (unpaired) electrons. The Bertz CT molecular complexity index is 1220. The predicted molar refractivity (Wildman–Crippen MR) is 138 cm³/mol. The normalized spacial score (nSPS) is 14.5. The van der Waals surface area contributed by atoms with E-state index in [1.165, 1.54) is 0 Å². The quantitative estimate of drug-likeness (QED) is 0.400. The summed E-state index contributed by atoms with van der Waals surface area (Å²) < 4.78 is 10.3. The lowest BCUT2D eigenvalue weighted by molar-refractivity contribution is 0.00603. The fourth-order valence-corrected chi connectivity index (χ4v) is 4.82. The van der Waals surface area contributed by atoms with Gasteiger partial charge in [0, 0.05) is 17.7 Å². The molecule has 0 spiro atoms. The highest BCUT2D eigenvalue weighted by Crippen LogP contribution is 2.34. The van der Waals surface area contributed by atoms with Crippen molar-refractivity contribution in [3.8, 4) is 5.75 Å². The number of benzene rings is 3. The monoisotopic (exact) mass is 487 g/mol. The zero-order chi connectivity index (χ0) is 25.8. The number of aryl methyl sites for hydroxylation is 1. The van der Waals surface area contributed by atoms with Gasteiger partial charge in [-0.15, -0.1) is 0 Å². The third-order valence-electron chi connectivity index (χ3n) is 6.89. The van der Waals surface area contributed by atoms with Crippen LogP contribution >= 0.6 is 0 Å². The molecule has 1 unspecified atom stereocenters. The van der Waals surface area contributed by atoms with Gasteiger partial charge in [0.15, 0.2) is 0 Å². The maximum Gasteiger partial charge on any atom is 0.338 e. The minimum atomic E-state index is -1.16. The van der Waals surface area contributed by atoms with Crippen molar-refractivity contribution in [2.45, 2.75) is 50.7 Å². The highest BCUT2D eigenvalue weighted by Gasteiger charge is 2.36. The van der Waals surface area contributed by atoms with Gasteiger partial charge in [-0.05, 0) is 60.1 Å². The molecule has 1 aliphatic heterocycles. The van der Waals surface area contributed by atoms with Crippen LogP contribution in [0.1, 0.15) is 64.1 Å². The zero-order valence-corrected chi connectivity index (χ0v) is 21.0. The molecular weight excluding hydrogens is 454 g/mol. The number of nitrogens with one attached hydrogen (secondary N) is 1. The molecule has 6 nitrogen and oxygen atoms in total. The number of methoxy groups -OCH3 is 1. The van der Waals surface area contributed by atoms with Gasteiger partial charge in [0.2, 0.25) is 0 Å². The van der Waals surface area contributed by atoms with E-state index < -0.39 is 11.6 Å². The third kappa shape index (κ3) is 5.94. The summed E-state index contributed by atoms with van der Waals surface area (Å²) in [6.45, 7) is 4.53. The molecule has 1 atom stereocenters. The van der Waals surface area contributed by atoms with E-state index in [-0.39, 0.29) is 24.5 Å². The van der Waals surface area contributed by atoms with E-state index in [1.807, 2.05) is 42.5 Å². The second-order valence-electron chi connectivity index (χ2n) is 10.1. The van der Waals surface area contributed by atoms with Gasteiger partial charge >= 0.3 is 5.97 Å². The van der Waals surface area contributed by atoms with Crippen molar-refractivity contribution < 1.29 is 24.2 Å². The molecule has 3 aromatic carbocycles. The highest BCUT2D eigenvalue weighted by atomic mass is 16.5. The molecule has 4 rings (SSSR count). The zero-order valence-electron chi connectivity index (χ0n) is 21.0. The summed E-state index contributed by atoms with van der Waals surface area (Å²) in [6, 6.07) is 22.9. The minimum Gasteiger partial charge on any atom is -0.497 e. The van der Waals surface area contributed by atoms with Gasteiger partial charge in [-0.2, -0.15) is 0 Å². The molecule has 0 fully saturated rings. The van der Waals surface area contributed by atoms with E-state index in [0.717, 1.165) is 22.4 Å². The lowest BCUT2D eigenvalue weighted by Crippen LogP contribution is -2.47. The number of ether oxygens (including phenoxy) is 2. The van der Waals surface area contributed by atoms with Crippen LogP contribution in [0.3, 0.4) is 0 Å². The number of hydrogen-bond acceptors (Lipinski definition) is 5. The van der Waals surface area contributed by atoms with Gasteiger partial charge in [-0.3, -0.25) is 4.79 Å². The molecule has 188 valence electrons. The van der Waals surface area contributed by atoms with Crippen molar-refractivity contribution >= 4 is 11.9 Å². The van der Waals surface area contributed by atoms with Crippen molar-refractivity contribution in [3.63, 3.8) is 0 Å². The number of fused-ring (bicyclic) bond motifs is 1. The molecule has 1 amide bonds. The molecule has 36 heavy (non-hydrogen) atoms. The Labute approximate surface area is 212 Å². The van der Waals surface area contributed by atoms with Gasteiger partial charge in [-0.1, -0.05) is 62.4 Å². The van der Waals surface area contributed by atoms with Gasteiger partial charge in [0.1, 0.15) is 12.4 Å². The largest absolute Gasteiger partial charge is 0.497 e. The minimum absolute atomic E-state index is 0.0831. The van der Waals surface area contributed by atoms with E-state index in [2.05, 4.69) is 31.3 Å². The summed E-state index contributed by atoms with van der Waals surface area (Å²) in [5, 5.41) is 14.8. The molecular formula is C30H33NO5. The summed E-state index contributed by atoms with van der Waals surface area (Å²) in [5.74, 6) is 0.0304. The van der Waals surface area contributed by atoms with E-state index in [9.17, 15) is 14.7 Å². The fourth-order valence-electron chi connectivity index (χ4n) is 4.82. The van der Waals surface area contributed by atoms with Gasteiger partial charge in [-0.25, -0.2) is 4.79 Å². The number of carbonyl (C=O) groups is 2. The van der Waals surface area contributed by atoms with E-state index >= 15 is 0 Å². The SMILES string of the molecule is COc1ccc(CCC(O)(CNC(=O)c2ccc3c(c2)C(=O)OC3)CC(C)(C)c2ccccc2)cc1. The first kappa shape index (κ1) is 25.5. The van der Waals surface area contributed by atoms with E-state index in [1.54, 1.807) is 25.3 Å². The van der Waals surface area contributed by atoms with Crippen LogP contribution < -0.4 is 10.1 Å². The van der Waals surface area contributed by atoms with Crippen LogP contribution in [-0.4, -0.2) is 36.2 Å². The molecule has 0 saturated carbocycles. The Morgan fingerprint density at radius 3 is 2.47 bits per heavy atom. The molecule has 0 saturated heterocycles. The van der Waals surface area contributed by atoms with Crippen molar-refractivity contribution in [1.82, 2.24) is 5.32 Å². The molecule has 1 heterocycles. The van der Waals surface area contributed by atoms with Crippen molar-refractivity contribution in [1.29, 1.82) is 0 Å². The average Bonchev–Trinajstić information content (AvgIpc) is 3.26. The second kappa shape index (κ2) is 10.5. The van der Waals surface area contributed by atoms with Crippen LogP contribution in [-0.2, 0) is 23.2 Å². The smallest absolute Gasteiger partial charge is 0.338 e. The van der Waals surface area contributed by atoms with Gasteiger partial charge < -0.3 is 19.9 Å². The van der Waals surface area contributed by atoms with Crippen LogP contribution in [0.2, 0.25) is 0 Å². The molecule has 2 N–H and O–H groups in total. The Hall–Kier alpha value is -3.64. The lowest BCUT2D eigenvalue weighted by Gasteiger charge is -2.37. The standard InChI is InChI=1S/C30H33NO5/c1-29(2,24-7-5-4-6-8-24)19-30(34,16-15-21-9-13-25(35-3)14-10-21)20-31-27(32)22-11-12-23-18-36-28(33)26(23)17-22/h4-14,17,34H,15-16,18-20H2,1-3H3,(H,31,32). The number of aliphatic hydroxyl groups is 1. The number of rotatable bonds is 10. The third-order valence-corrected chi connectivity index (χ3v) is 6.89. The number of carbonyl (C=O) groups excluding carboxylic acids is 2. The summed E-state index contributed by atoms with van der Waals surface area (Å²) in [4.78, 5) is 24.9. The van der Waals surface area contributed by atoms with E-state index in [4.69, 9.17) is 9.47 Å². The Kier molecular flexibility index (Phi) is 7.45. The molecule has 6 heteroatoms. The summed E-state index contributed by atoms with van der Waals surface area (Å²) in [7, 11) is 1.63. The number of cyclic esters (lactones) is 1. The van der Waals surface area contributed by atoms with Crippen LogP contribution in [0.25, 0.3) is 0 Å². The molecule has 3 aromatic rings. The van der Waals surface area contributed by atoms with Crippen molar-refractivity contribution in [3.05, 3.63) is 101 Å². The van der Waals surface area contributed by atoms with Crippen LogP contribution in [0.15, 0.2) is 72.8 Å². The van der Waals surface area contributed by atoms with Crippen molar-refractivity contribution in [2.75, 3.05) is 13.7 Å². The Morgan fingerprint density at radius 1 is 1.06 bits per heavy atom. The fraction of sp³-hybridized carbons (Fsp3) is 0.333. The molecule has 0 bridgehead atoms. The number of hydrogen-bond donors (Lipinski definition) is 2. The average molecular weight is 488 g/mol. The summed E-state index contributed by atoms with van der Waals surface area (Å²) >= 11 is 0. The van der Waals surface area contributed by atoms with Crippen molar-refractivity contribution in [2.24, 2.45) is 0 Å². The van der Waals surface area contributed by atoms with Gasteiger partial charge in [0.25, 0.3) is 5.91 Å². The van der Waals surface area contributed by atoms with Crippen LogP contribution in [0.4, 0.5) is 0 Å². The Morgan fingerprint density at radius 2 is 1.78 bits per heavy atom. The summed E-state index contributed by atoms with van der Waals surface area (Å²) in [5.41, 5.74) is 2.28. The highest BCUT2D eigenvalue weighted by molar-refractivity contribution is 5.99. The first-order chi connectivity index (χ1) is 17.2. The Balaban J connectivity index is 1.51. The maximum absolute atomic E-state index is 13.0. The molecule has 0 aliphatic carbocycles. The molecule has 1 aliphatic rings. The molecule has 0 aromatic heterocycles. The van der Waals surface area contributed by atoms with Gasteiger partial charge in [0.05, 0.1) is 18.3 Å².